The van der Waals surface area contributed by atoms with Crippen molar-refractivity contribution in [3.05, 3.63) is 24.2 Å². The number of fused-ring (bicyclic) bond motifs is 1. The number of hydrogen-bond donors (Lipinski definition) is 3. The van der Waals surface area contributed by atoms with Crippen molar-refractivity contribution in [1.29, 1.82) is 0 Å². The van der Waals surface area contributed by atoms with E-state index in [9.17, 15) is 20.1 Å². The van der Waals surface area contributed by atoms with Crippen LogP contribution in [0.3, 0.4) is 0 Å². The normalized spacial score (nSPS) is 51.4. The van der Waals surface area contributed by atoms with Gasteiger partial charge in [0.25, 0.3) is 0 Å². The highest BCUT2D eigenvalue weighted by molar-refractivity contribution is 5.81. The lowest BCUT2D eigenvalue weighted by atomic mass is 9.39. The molecule has 3 heterocycles. The Morgan fingerprint density at radius 1 is 1.26 bits per heavy atom. The number of rotatable bonds is 2. The number of ether oxygens (including phenoxy) is 2. The Kier molecular flexibility index (Phi) is 3.64. The van der Waals surface area contributed by atoms with Crippen molar-refractivity contribution in [3.63, 3.8) is 0 Å². The molecule has 2 spiro atoms. The summed E-state index contributed by atoms with van der Waals surface area (Å²) < 4.78 is 16.8. The molecule has 0 unspecified atom stereocenters. The minimum absolute atomic E-state index is 0.102. The second-order valence-corrected chi connectivity index (χ2v) is 8.98. The first kappa shape index (κ1) is 17.7. The summed E-state index contributed by atoms with van der Waals surface area (Å²) in [6, 6.07) is 1.80. The first-order valence-electron chi connectivity index (χ1n) is 9.74. The van der Waals surface area contributed by atoms with Crippen molar-refractivity contribution in [2.45, 2.75) is 56.5 Å². The first-order chi connectivity index (χ1) is 12.9. The third-order valence-corrected chi connectivity index (χ3v) is 8.13. The fraction of sp³-hybridized carbons (Fsp3) is 0.750. The van der Waals surface area contributed by atoms with Crippen LogP contribution in [0.5, 0.6) is 0 Å². The Morgan fingerprint density at radius 3 is 2.70 bits per heavy atom. The average molecular weight is 378 g/mol. The Balaban J connectivity index is 1.61. The van der Waals surface area contributed by atoms with Gasteiger partial charge >= 0.3 is 5.97 Å². The molecule has 2 saturated carbocycles. The lowest BCUT2D eigenvalue weighted by Crippen LogP contribution is -2.80. The molecule has 148 valence electrons. The van der Waals surface area contributed by atoms with E-state index in [0.29, 0.717) is 25.9 Å². The monoisotopic (exact) mass is 378 g/mol. The Bertz CT molecular complexity index is 744. The molecule has 1 aromatic heterocycles. The van der Waals surface area contributed by atoms with E-state index in [1.54, 1.807) is 18.6 Å². The highest BCUT2D eigenvalue weighted by Gasteiger charge is 2.78. The van der Waals surface area contributed by atoms with Crippen molar-refractivity contribution < 1.29 is 34.0 Å². The number of cyclic esters (lactones) is 1. The summed E-state index contributed by atoms with van der Waals surface area (Å²) in [6.07, 6.45) is 3.00. The van der Waals surface area contributed by atoms with Gasteiger partial charge in [-0.25, -0.2) is 0 Å². The number of aliphatic hydroxyl groups excluding tert-OH is 3. The van der Waals surface area contributed by atoms with Crippen LogP contribution in [-0.4, -0.2) is 52.3 Å². The molecule has 0 amide bonds. The zero-order chi connectivity index (χ0) is 19.0. The summed E-state index contributed by atoms with van der Waals surface area (Å²) in [5.41, 5.74) is -1.71. The van der Waals surface area contributed by atoms with Crippen LogP contribution in [0.15, 0.2) is 23.0 Å². The van der Waals surface area contributed by atoms with Crippen LogP contribution in [0.4, 0.5) is 0 Å². The molecule has 8 atom stereocenters. The molecule has 4 aliphatic rings. The molecule has 5 rings (SSSR count). The molecule has 2 aliphatic heterocycles. The second-order valence-electron chi connectivity index (χ2n) is 8.98. The maximum Gasteiger partial charge on any atom is 0.313 e. The summed E-state index contributed by atoms with van der Waals surface area (Å²) in [6.45, 7) is 2.00. The van der Waals surface area contributed by atoms with Crippen molar-refractivity contribution in [2.24, 2.45) is 22.7 Å². The summed E-state index contributed by atoms with van der Waals surface area (Å²) in [5.74, 6) is -0.682. The summed E-state index contributed by atoms with van der Waals surface area (Å²) >= 11 is 0. The van der Waals surface area contributed by atoms with Gasteiger partial charge < -0.3 is 29.2 Å². The maximum absolute atomic E-state index is 13.3. The van der Waals surface area contributed by atoms with Crippen LogP contribution in [0, 0.1) is 22.7 Å². The van der Waals surface area contributed by atoms with Gasteiger partial charge in [-0.3, -0.25) is 4.79 Å². The van der Waals surface area contributed by atoms with Crippen LogP contribution >= 0.6 is 0 Å². The van der Waals surface area contributed by atoms with E-state index in [1.807, 2.05) is 6.92 Å². The standard InChI is InChI=1S/C20H26O7/c1-11-4-16(23)20-10-26-18(20,9-21)6-13(22)5-15(20)19(11)7-14(27-17(19)24)12-2-3-25-8-12/h2-3,8,11,13-16,21-23H,4-7,9-10H2,1H3/t11-,13-,14+,15-,16+,18-,19-,20-/m0/s1. The first-order valence-corrected chi connectivity index (χ1v) is 9.74. The topological polar surface area (TPSA) is 109 Å². The molecule has 0 aromatic carbocycles. The Morgan fingerprint density at radius 2 is 2.07 bits per heavy atom. The van der Waals surface area contributed by atoms with Gasteiger partial charge in [0.2, 0.25) is 0 Å². The Hall–Kier alpha value is -1.41. The molecule has 1 aromatic rings. The van der Waals surface area contributed by atoms with Gasteiger partial charge in [0, 0.05) is 18.4 Å². The molecule has 0 bridgehead atoms. The zero-order valence-corrected chi connectivity index (χ0v) is 15.3. The third kappa shape index (κ3) is 1.93. The SMILES string of the molecule is C[C@H]1C[C@@H](O)[C@@]23CO[C@]2(CO)C[C@@H](O)C[C@H]3[C@]12C[C@H](c1ccoc1)OC2=O. The quantitative estimate of drug-likeness (QED) is 0.663. The van der Waals surface area contributed by atoms with E-state index in [4.69, 9.17) is 13.9 Å². The number of carbonyl (C=O) groups is 1. The molecule has 7 heteroatoms. The van der Waals surface area contributed by atoms with Crippen LogP contribution in [0.25, 0.3) is 0 Å². The fourth-order valence-corrected chi connectivity index (χ4v) is 6.72. The van der Waals surface area contributed by atoms with Gasteiger partial charge in [0.1, 0.15) is 11.7 Å². The third-order valence-electron chi connectivity index (χ3n) is 8.13. The lowest BCUT2D eigenvalue weighted by molar-refractivity contribution is -0.382. The van der Waals surface area contributed by atoms with Gasteiger partial charge in [0.05, 0.1) is 48.8 Å². The van der Waals surface area contributed by atoms with E-state index < -0.39 is 34.7 Å². The van der Waals surface area contributed by atoms with Gasteiger partial charge in [-0.05, 0) is 30.7 Å². The van der Waals surface area contributed by atoms with E-state index in [2.05, 4.69) is 0 Å². The summed E-state index contributed by atoms with van der Waals surface area (Å²) in [7, 11) is 0. The lowest BCUT2D eigenvalue weighted by Gasteiger charge is -2.71. The van der Waals surface area contributed by atoms with E-state index >= 15 is 0 Å². The number of carbonyl (C=O) groups excluding carboxylic acids is 1. The number of furan rings is 1. The molecule has 2 saturated heterocycles. The van der Waals surface area contributed by atoms with E-state index in [0.717, 1.165) is 5.56 Å². The van der Waals surface area contributed by atoms with Gasteiger partial charge in [-0.1, -0.05) is 6.92 Å². The molecular formula is C20H26O7. The predicted octanol–water partition coefficient (Wildman–Crippen LogP) is 1.17. The second kappa shape index (κ2) is 5.56. The summed E-state index contributed by atoms with van der Waals surface area (Å²) in [5, 5.41) is 31.8. The molecule has 2 aliphatic carbocycles. The van der Waals surface area contributed by atoms with Gasteiger partial charge in [-0.2, -0.15) is 0 Å². The smallest absolute Gasteiger partial charge is 0.313 e. The number of hydrogen-bond acceptors (Lipinski definition) is 7. The van der Waals surface area contributed by atoms with Crippen molar-refractivity contribution >= 4 is 5.97 Å². The van der Waals surface area contributed by atoms with Crippen LogP contribution < -0.4 is 0 Å². The molecule has 3 N–H and O–H groups in total. The number of aliphatic hydroxyl groups is 3. The molecule has 7 nitrogen and oxygen atoms in total. The van der Waals surface area contributed by atoms with Crippen molar-refractivity contribution in [2.75, 3.05) is 13.2 Å². The maximum atomic E-state index is 13.3. The minimum Gasteiger partial charge on any atom is -0.472 e. The highest BCUT2D eigenvalue weighted by atomic mass is 16.6. The van der Waals surface area contributed by atoms with Gasteiger partial charge in [-0.15, -0.1) is 0 Å². The van der Waals surface area contributed by atoms with Crippen molar-refractivity contribution in [1.82, 2.24) is 0 Å². The largest absolute Gasteiger partial charge is 0.472 e. The van der Waals surface area contributed by atoms with E-state index in [1.165, 1.54) is 0 Å². The average Bonchev–Trinajstić information content (AvgIpc) is 3.24. The molecule has 27 heavy (non-hydrogen) atoms. The van der Waals surface area contributed by atoms with Crippen molar-refractivity contribution in [3.8, 4) is 0 Å². The predicted molar refractivity (Wildman–Crippen MR) is 91.3 cm³/mol. The number of esters is 1. The minimum atomic E-state index is -0.990. The molecule has 4 fully saturated rings. The fourth-order valence-electron chi connectivity index (χ4n) is 6.72. The summed E-state index contributed by atoms with van der Waals surface area (Å²) in [4.78, 5) is 13.3. The van der Waals surface area contributed by atoms with Crippen LogP contribution in [0.2, 0.25) is 0 Å². The van der Waals surface area contributed by atoms with Gasteiger partial charge in [0.15, 0.2) is 0 Å². The molecular weight excluding hydrogens is 352 g/mol. The van der Waals surface area contributed by atoms with Crippen LogP contribution in [-0.2, 0) is 14.3 Å². The molecule has 0 radical (unpaired) electrons. The Labute approximate surface area is 157 Å². The highest BCUT2D eigenvalue weighted by Crippen LogP contribution is 2.71. The van der Waals surface area contributed by atoms with E-state index in [-0.39, 0.29) is 30.8 Å². The van der Waals surface area contributed by atoms with Crippen LogP contribution in [0.1, 0.15) is 44.3 Å². The zero-order valence-electron chi connectivity index (χ0n) is 15.3.